The second-order valence-corrected chi connectivity index (χ2v) is 7.06. The van der Waals surface area contributed by atoms with Crippen LogP contribution in [-0.4, -0.2) is 15.5 Å². The summed E-state index contributed by atoms with van der Waals surface area (Å²) in [5.74, 6) is 0. The molecule has 0 N–H and O–H groups in total. The average Bonchev–Trinajstić information content (AvgIpc) is 3.11. The fraction of sp³-hybridized carbons (Fsp3) is 0.333. The van der Waals surface area contributed by atoms with Gasteiger partial charge >= 0.3 is 0 Å². The fourth-order valence-corrected chi connectivity index (χ4v) is 5.39. The monoisotopic (exact) mass is 236 g/mol. The van der Waals surface area contributed by atoms with E-state index in [1.54, 1.807) is 6.08 Å². The van der Waals surface area contributed by atoms with Gasteiger partial charge in [0.2, 0.25) is 0 Å². The lowest BCUT2D eigenvalue weighted by Gasteiger charge is -2.14. The van der Waals surface area contributed by atoms with Gasteiger partial charge in [0.1, 0.15) is 0 Å². The highest BCUT2D eigenvalue weighted by Gasteiger charge is 2.74. The maximum atomic E-state index is 13.8. The maximum absolute atomic E-state index is 13.8. The van der Waals surface area contributed by atoms with Crippen molar-refractivity contribution in [2.45, 2.75) is 20.2 Å². The van der Waals surface area contributed by atoms with E-state index in [0.29, 0.717) is 5.25 Å². The van der Waals surface area contributed by atoms with Crippen LogP contribution in [0.4, 0.5) is 4.39 Å². The van der Waals surface area contributed by atoms with Crippen molar-refractivity contribution in [2.24, 2.45) is 0 Å². The van der Waals surface area contributed by atoms with E-state index in [4.69, 9.17) is 0 Å². The number of fused-ring (bicyclic) bond motifs is 3. The number of hydrogen-bond donors (Lipinski definition) is 0. The standard InChI is InChI=1S/C12H9FS2/c13-12-7-6-11(8-4-2-1-3-5-8)9(14-11)10(12)15-12/h1-7,9-10H. The summed E-state index contributed by atoms with van der Waals surface area (Å²) < 4.78 is 13.9. The second kappa shape index (κ2) is 2.46. The fourth-order valence-electron chi connectivity index (χ4n) is 2.42. The molecule has 4 rings (SSSR count). The smallest absolute Gasteiger partial charge is 0.188 e. The highest BCUT2D eigenvalue weighted by Crippen LogP contribution is 2.77. The van der Waals surface area contributed by atoms with Gasteiger partial charge in [0, 0.05) is 5.25 Å². The number of rotatable bonds is 1. The normalized spacial score (nSPS) is 49.4. The van der Waals surface area contributed by atoms with Crippen molar-refractivity contribution in [1.82, 2.24) is 0 Å². The summed E-state index contributed by atoms with van der Waals surface area (Å²) in [5, 5.41) is -0.362. The minimum atomic E-state index is -1.02. The van der Waals surface area contributed by atoms with E-state index < -0.39 is 5.00 Å². The first-order valence-electron chi connectivity index (χ1n) is 5.05. The molecule has 0 saturated carbocycles. The Morgan fingerprint density at radius 2 is 1.80 bits per heavy atom. The predicted octanol–water partition coefficient (Wildman–Crippen LogP) is 3.35. The zero-order chi connectivity index (χ0) is 10.1. The number of benzene rings is 1. The number of halogens is 1. The molecule has 0 radical (unpaired) electrons. The van der Waals surface area contributed by atoms with Crippen LogP contribution in [0.3, 0.4) is 0 Å². The number of alkyl halides is 1. The predicted molar refractivity (Wildman–Crippen MR) is 63.9 cm³/mol. The summed E-state index contributed by atoms with van der Waals surface area (Å²) in [7, 11) is 0. The van der Waals surface area contributed by atoms with Crippen molar-refractivity contribution >= 4 is 23.5 Å². The third-order valence-electron chi connectivity index (χ3n) is 3.38. The van der Waals surface area contributed by atoms with E-state index in [-0.39, 0.29) is 10.00 Å². The lowest BCUT2D eigenvalue weighted by molar-refractivity contribution is 0.382. The van der Waals surface area contributed by atoms with Gasteiger partial charge in [-0.3, -0.25) is 0 Å². The maximum Gasteiger partial charge on any atom is 0.188 e. The molecule has 2 fully saturated rings. The van der Waals surface area contributed by atoms with Gasteiger partial charge in [-0.05, 0) is 11.6 Å². The molecule has 0 aromatic heterocycles. The van der Waals surface area contributed by atoms with Crippen molar-refractivity contribution in [3.8, 4) is 0 Å². The summed E-state index contributed by atoms with van der Waals surface area (Å²) in [5.41, 5.74) is 1.32. The lowest BCUT2D eigenvalue weighted by Crippen LogP contribution is -2.22. The Hall–Kier alpha value is -0.410. The summed E-state index contributed by atoms with van der Waals surface area (Å²) in [4.78, 5) is 0. The number of hydrogen-bond acceptors (Lipinski definition) is 2. The molecule has 76 valence electrons. The Morgan fingerprint density at radius 3 is 2.60 bits per heavy atom. The van der Waals surface area contributed by atoms with Crippen LogP contribution in [0.25, 0.3) is 0 Å². The highest BCUT2D eigenvalue weighted by atomic mass is 32.2. The molecule has 2 aliphatic heterocycles. The van der Waals surface area contributed by atoms with Gasteiger partial charge in [-0.1, -0.05) is 36.4 Å². The van der Waals surface area contributed by atoms with Crippen LogP contribution in [0.15, 0.2) is 42.5 Å². The summed E-state index contributed by atoms with van der Waals surface area (Å²) in [6.45, 7) is 0. The SMILES string of the molecule is FC12C=CC3(c4ccccc4)SC3C1S2. The van der Waals surface area contributed by atoms with Gasteiger partial charge < -0.3 is 0 Å². The molecule has 3 aliphatic rings. The van der Waals surface area contributed by atoms with Gasteiger partial charge in [0.15, 0.2) is 5.00 Å². The van der Waals surface area contributed by atoms with Crippen LogP contribution in [-0.2, 0) is 4.75 Å². The van der Waals surface area contributed by atoms with Gasteiger partial charge in [0.25, 0.3) is 0 Å². The Kier molecular flexibility index (Phi) is 1.43. The molecule has 4 atom stereocenters. The number of thioether (sulfide) groups is 2. The largest absolute Gasteiger partial charge is 0.226 e. The molecule has 0 amide bonds. The molecule has 15 heavy (non-hydrogen) atoms. The van der Waals surface area contributed by atoms with Crippen molar-refractivity contribution in [3.63, 3.8) is 0 Å². The Balaban J connectivity index is 1.79. The molecular formula is C12H9FS2. The third kappa shape index (κ3) is 1.01. The van der Waals surface area contributed by atoms with E-state index >= 15 is 0 Å². The van der Waals surface area contributed by atoms with E-state index in [1.807, 2.05) is 17.8 Å². The Morgan fingerprint density at radius 1 is 1.00 bits per heavy atom. The van der Waals surface area contributed by atoms with Gasteiger partial charge in [-0.2, -0.15) is 0 Å². The third-order valence-corrected chi connectivity index (χ3v) is 6.58. The van der Waals surface area contributed by atoms with Gasteiger partial charge in [-0.25, -0.2) is 4.39 Å². The van der Waals surface area contributed by atoms with Gasteiger partial charge in [-0.15, -0.1) is 23.5 Å². The van der Waals surface area contributed by atoms with Crippen LogP contribution >= 0.6 is 23.5 Å². The first-order chi connectivity index (χ1) is 7.25. The van der Waals surface area contributed by atoms with E-state index in [0.717, 1.165) is 0 Å². The van der Waals surface area contributed by atoms with Crippen molar-refractivity contribution in [2.75, 3.05) is 0 Å². The minimum Gasteiger partial charge on any atom is -0.226 e. The van der Waals surface area contributed by atoms with Crippen molar-refractivity contribution in [3.05, 3.63) is 48.0 Å². The molecule has 1 aromatic rings. The summed E-state index contributed by atoms with van der Waals surface area (Å²) >= 11 is 3.37. The molecular weight excluding hydrogens is 227 g/mol. The zero-order valence-electron chi connectivity index (χ0n) is 7.89. The van der Waals surface area contributed by atoms with Crippen LogP contribution < -0.4 is 0 Å². The first kappa shape index (κ1) is 8.71. The Labute approximate surface area is 96.3 Å². The Bertz CT molecular complexity index is 458. The molecule has 2 heterocycles. The summed E-state index contributed by atoms with van der Waals surface area (Å²) in [6.07, 6.45) is 3.85. The first-order valence-corrected chi connectivity index (χ1v) is 6.81. The quantitative estimate of drug-likeness (QED) is 0.542. The molecule has 0 nitrogen and oxygen atoms in total. The van der Waals surface area contributed by atoms with E-state index in [2.05, 4.69) is 30.3 Å². The van der Waals surface area contributed by atoms with Crippen LogP contribution in [0.2, 0.25) is 0 Å². The molecule has 1 aliphatic carbocycles. The van der Waals surface area contributed by atoms with Crippen LogP contribution in [0.1, 0.15) is 5.56 Å². The molecule has 1 aromatic carbocycles. The van der Waals surface area contributed by atoms with Crippen molar-refractivity contribution < 1.29 is 4.39 Å². The highest BCUT2D eigenvalue weighted by molar-refractivity contribution is 8.13. The zero-order valence-corrected chi connectivity index (χ0v) is 9.52. The van der Waals surface area contributed by atoms with E-state index in [9.17, 15) is 4.39 Å². The second-order valence-electron chi connectivity index (χ2n) is 4.27. The topological polar surface area (TPSA) is 0 Å². The van der Waals surface area contributed by atoms with Crippen molar-refractivity contribution in [1.29, 1.82) is 0 Å². The minimum absolute atomic E-state index is 0.102. The average molecular weight is 236 g/mol. The van der Waals surface area contributed by atoms with Crippen LogP contribution in [0.5, 0.6) is 0 Å². The summed E-state index contributed by atoms with van der Waals surface area (Å²) in [6, 6.07) is 10.4. The van der Waals surface area contributed by atoms with E-state index in [1.165, 1.54) is 17.3 Å². The molecule has 0 spiro atoms. The molecule has 3 heteroatoms. The van der Waals surface area contributed by atoms with Crippen LogP contribution in [0, 0.1) is 0 Å². The van der Waals surface area contributed by atoms with Gasteiger partial charge in [0.05, 0.1) is 10.00 Å². The lowest BCUT2D eigenvalue weighted by atomic mass is 9.89. The molecule has 2 saturated heterocycles. The molecule has 0 bridgehead atoms. The molecule has 4 unspecified atom stereocenters.